The molecule has 2 aromatic rings. The number of phenolic OH excluding ortho intramolecular Hbond substituents is 1. The van der Waals surface area contributed by atoms with E-state index in [0.29, 0.717) is 25.9 Å². The van der Waals surface area contributed by atoms with Crippen LogP contribution in [0.1, 0.15) is 120 Å². The van der Waals surface area contributed by atoms with Crippen molar-refractivity contribution < 1.29 is 29.0 Å². The van der Waals surface area contributed by atoms with E-state index in [0.717, 1.165) is 42.8 Å². The number of hydrazine groups is 1. The number of hydrogen-bond donors (Lipinski definition) is 4. The number of Topliss-reactive ketones (excluding diaryl/α,β-unsaturated/α-hetero) is 1. The van der Waals surface area contributed by atoms with Gasteiger partial charge in [0.25, 0.3) is 5.91 Å². The summed E-state index contributed by atoms with van der Waals surface area (Å²) in [5.74, 6) is 4.11. The first-order valence-corrected chi connectivity index (χ1v) is 20.2. The number of thiazole rings is 1. The van der Waals surface area contributed by atoms with Crippen molar-refractivity contribution >= 4 is 34.8 Å². The Bertz CT molecular complexity index is 1470. The number of hydrogen-bond acceptors (Lipinski definition) is 10. The number of ether oxygens (including phenoxy) is 1. The summed E-state index contributed by atoms with van der Waals surface area (Å²) in [5.41, 5.74) is 3.37. The van der Waals surface area contributed by atoms with Gasteiger partial charge < -0.3 is 20.1 Å². The van der Waals surface area contributed by atoms with Crippen molar-refractivity contribution in [3.63, 3.8) is 0 Å². The molecule has 12 nitrogen and oxygen atoms in total. The summed E-state index contributed by atoms with van der Waals surface area (Å²) in [6, 6.07) is 6.03. The smallest absolute Gasteiger partial charge is 0.270 e. The highest BCUT2D eigenvalue weighted by molar-refractivity contribution is 7.09. The van der Waals surface area contributed by atoms with Gasteiger partial charge >= 0.3 is 0 Å². The Kier molecular flexibility index (Phi) is 17.8. The third-order valence-corrected chi connectivity index (χ3v) is 11.9. The first-order valence-electron chi connectivity index (χ1n) is 19.4. The number of piperidine rings is 1. The number of aromatic hydroxyl groups is 1. The lowest BCUT2D eigenvalue weighted by Gasteiger charge is -2.39. The molecule has 53 heavy (non-hydrogen) atoms. The van der Waals surface area contributed by atoms with E-state index in [1.807, 2.05) is 18.9 Å². The molecule has 0 bridgehead atoms. The summed E-state index contributed by atoms with van der Waals surface area (Å²) in [6.07, 6.45) is 5.36. The normalized spacial score (nSPS) is 18.4. The molecule has 1 aliphatic heterocycles. The summed E-state index contributed by atoms with van der Waals surface area (Å²) in [5, 5.41) is 15.3. The first kappa shape index (κ1) is 44.0. The molecule has 1 fully saturated rings. The van der Waals surface area contributed by atoms with Crippen LogP contribution in [0.25, 0.3) is 0 Å². The van der Waals surface area contributed by atoms with Crippen molar-refractivity contribution in [2.24, 2.45) is 29.5 Å². The van der Waals surface area contributed by atoms with Crippen LogP contribution in [0.5, 0.6) is 5.75 Å². The van der Waals surface area contributed by atoms with Gasteiger partial charge in [-0.2, -0.15) is 0 Å². The topological polar surface area (TPSA) is 167 Å². The minimum absolute atomic E-state index is 0.0280. The number of aromatic nitrogens is 1. The molecule has 3 rings (SSSR count). The lowest BCUT2D eigenvalue weighted by Crippen LogP contribution is -2.50. The lowest BCUT2D eigenvalue weighted by molar-refractivity contribution is -0.150. The molecule has 3 amide bonds. The summed E-state index contributed by atoms with van der Waals surface area (Å²) in [6.45, 7) is 15.6. The maximum Gasteiger partial charge on any atom is 0.270 e. The Labute approximate surface area is 320 Å². The molecule has 13 heteroatoms. The average Bonchev–Trinajstić information content (AvgIpc) is 3.64. The highest BCUT2D eigenvalue weighted by atomic mass is 32.1. The zero-order valence-corrected chi connectivity index (χ0v) is 33.9. The van der Waals surface area contributed by atoms with Gasteiger partial charge in [-0.3, -0.25) is 29.5 Å². The summed E-state index contributed by atoms with van der Waals surface area (Å²) < 4.78 is 5.91. The van der Waals surface area contributed by atoms with Gasteiger partial charge in [0.15, 0.2) is 5.78 Å². The molecule has 1 saturated heterocycles. The van der Waals surface area contributed by atoms with Crippen molar-refractivity contribution in [1.82, 2.24) is 25.5 Å². The number of benzene rings is 1. The molecular formula is C40H64N6O6S. The van der Waals surface area contributed by atoms with Gasteiger partial charge in [-0.15, -0.1) is 11.3 Å². The number of carbonyl (C=O) groups excluding carboxylic acids is 4. The van der Waals surface area contributed by atoms with Crippen LogP contribution in [-0.4, -0.2) is 88.5 Å². The Morgan fingerprint density at radius 3 is 2.38 bits per heavy atom. The van der Waals surface area contributed by atoms with Crippen molar-refractivity contribution in [3.05, 3.63) is 45.9 Å². The van der Waals surface area contributed by atoms with Crippen LogP contribution in [0.2, 0.25) is 0 Å². The van der Waals surface area contributed by atoms with Crippen LogP contribution in [0.3, 0.4) is 0 Å². The maximum absolute atomic E-state index is 14.6. The van der Waals surface area contributed by atoms with Crippen LogP contribution in [-0.2, 0) is 25.5 Å². The summed E-state index contributed by atoms with van der Waals surface area (Å²) in [4.78, 5) is 62.8. The fourth-order valence-corrected chi connectivity index (χ4v) is 8.13. The zero-order valence-electron chi connectivity index (χ0n) is 33.1. The SMILES string of the molecule is CCOCN(C(=O)[C@@H](CC(=O)[C@H]1CCCCN1C)C(C)CC)[C@H](C[C@@H](C)c1nc(C(=O)N[C@@H](Cc2ccc(O)cc2)C[C@H](C)C(=O)NN)cs1)C(C)C. The standard InChI is InChI=1S/C40H64N6O6S/c1-9-26(5)32(22-36(48)34-13-11-12-18-45(34)8)40(51)46(24-52-10-2)35(25(3)4)20-28(7)39-43-33(23-53-39)38(50)42-30(19-27(6)37(49)44-41)21-29-14-16-31(47)17-15-29/h14-17,23,25-28,30,32,34-35,47H,9-13,18-22,24,41H2,1-8H3,(H,42,50)(H,44,49)/t26?,27-,28+,30+,32-,34+,35+/m0/s1. The predicted octanol–water partition coefficient (Wildman–Crippen LogP) is 5.65. The summed E-state index contributed by atoms with van der Waals surface area (Å²) in [7, 11) is 2.01. The zero-order chi connectivity index (χ0) is 39.2. The first-order chi connectivity index (χ1) is 25.2. The number of ketones is 1. The van der Waals surface area contributed by atoms with Crippen LogP contribution in [0.15, 0.2) is 29.6 Å². The van der Waals surface area contributed by atoms with E-state index in [2.05, 4.69) is 50.3 Å². The highest BCUT2D eigenvalue weighted by Crippen LogP contribution is 2.32. The molecule has 1 aromatic heterocycles. The number of nitrogens with zero attached hydrogens (tertiary/aromatic N) is 3. The van der Waals surface area contributed by atoms with Crippen LogP contribution in [0.4, 0.5) is 0 Å². The minimum atomic E-state index is -0.449. The quantitative estimate of drug-likeness (QED) is 0.0545. The van der Waals surface area contributed by atoms with E-state index in [9.17, 15) is 24.3 Å². The van der Waals surface area contributed by atoms with Gasteiger partial charge in [0.05, 0.1) is 11.0 Å². The second-order valence-corrected chi connectivity index (χ2v) is 16.2. The molecule has 1 unspecified atom stereocenters. The Morgan fingerprint density at radius 1 is 1.08 bits per heavy atom. The van der Waals surface area contributed by atoms with Gasteiger partial charge in [0, 0.05) is 48.2 Å². The molecule has 2 heterocycles. The van der Waals surface area contributed by atoms with E-state index >= 15 is 0 Å². The second-order valence-electron chi connectivity index (χ2n) is 15.3. The van der Waals surface area contributed by atoms with Crippen molar-refractivity contribution in [1.29, 1.82) is 0 Å². The molecule has 1 aliphatic rings. The highest BCUT2D eigenvalue weighted by Gasteiger charge is 2.38. The Hall–Kier alpha value is -3.39. The number of carbonyl (C=O) groups is 4. The number of likely N-dealkylation sites (N-methyl/N-ethyl adjacent to an activating group) is 1. The molecule has 0 spiro atoms. The molecule has 5 N–H and O–H groups in total. The van der Waals surface area contributed by atoms with E-state index < -0.39 is 17.9 Å². The third-order valence-electron chi connectivity index (χ3n) is 10.9. The third kappa shape index (κ3) is 12.9. The minimum Gasteiger partial charge on any atom is -0.508 e. The van der Waals surface area contributed by atoms with Gasteiger partial charge in [0.1, 0.15) is 18.2 Å². The van der Waals surface area contributed by atoms with Gasteiger partial charge in [-0.25, -0.2) is 10.8 Å². The maximum atomic E-state index is 14.6. The summed E-state index contributed by atoms with van der Waals surface area (Å²) >= 11 is 1.41. The molecule has 7 atom stereocenters. The van der Waals surface area contributed by atoms with Crippen molar-refractivity contribution in [2.45, 2.75) is 124 Å². The van der Waals surface area contributed by atoms with Gasteiger partial charge in [-0.05, 0) is 82.2 Å². The number of amides is 3. The number of nitrogens with two attached hydrogens (primary N) is 1. The molecule has 296 valence electrons. The molecule has 0 saturated carbocycles. The number of rotatable bonds is 21. The Morgan fingerprint density at radius 2 is 1.77 bits per heavy atom. The molecule has 0 aliphatic carbocycles. The fraction of sp³-hybridized carbons (Fsp3) is 0.675. The largest absolute Gasteiger partial charge is 0.508 e. The molecular weight excluding hydrogens is 693 g/mol. The monoisotopic (exact) mass is 756 g/mol. The average molecular weight is 757 g/mol. The van der Waals surface area contributed by atoms with E-state index in [-0.39, 0.29) is 77.9 Å². The Balaban J connectivity index is 1.80. The number of phenols is 1. The van der Waals surface area contributed by atoms with E-state index in [4.69, 9.17) is 15.6 Å². The number of nitrogens with one attached hydrogen (secondary N) is 2. The predicted molar refractivity (Wildman–Crippen MR) is 209 cm³/mol. The van der Waals surface area contributed by atoms with Crippen molar-refractivity contribution in [2.75, 3.05) is 26.9 Å². The molecule has 0 radical (unpaired) electrons. The van der Waals surface area contributed by atoms with Gasteiger partial charge in [-0.1, -0.05) is 66.5 Å². The molecule has 1 aromatic carbocycles. The fourth-order valence-electron chi connectivity index (χ4n) is 7.26. The van der Waals surface area contributed by atoms with E-state index in [1.54, 1.807) is 36.6 Å². The van der Waals surface area contributed by atoms with Crippen LogP contribution >= 0.6 is 11.3 Å². The van der Waals surface area contributed by atoms with Gasteiger partial charge in [0.2, 0.25) is 11.8 Å². The van der Waals surface area contributed by atoms with Crippen LogP contribution < -0.4 is 16.6 Å². The van der Waals surface area contributed by atoms with E-state index in [1.165, 1.54) is 11.3 Å². The number of likely N-dealkylation sites (tertiary alicyclic amines) is 1. The van der Waals surface area contributed by atoms with Crippen molar-refractivity contribution in [3.8, 4) is 5.75 Å². The van der Waals surface area contributed by atoms with Crippen LogP contribution in [0, 0.1) is 23.7 Å². The lowest BCUT2D eigenvalue weighted by atomic mass is 9.82. The second kappa shape index (κ2) is 21.5.